The van der Waals surface area contributed by atoms with Crippen LogP contribution < -0.4 is 9.47 Å². The van der Waals surface area contributed by atoms with Gasteiger partial charge in [0.05, 0.1) is 32.6 Å². The van der Waals surface area contributed by atoms with Gasteiger partial charge in [-0.25, -0.2) is 4.68 Å². The predicted octanol–water partition coefficient (Wildman–Crippen LogP) is 3.67. The van der Waals surface area contributed by atoms with E-state index in [2.05, 4.69) is 20.5 Å². The summed E-state index contributed by atoms with van der Waals surface area (Å²) in [6, 6.07) is 15.3. The quantitative estimate of drug-likeness (QED) is 0.467. The van der Waals surface area contributed by atoms with Crippen LogP contribution in [0.3, 0.4) is 0 Å². The average Bonchev–Trinajstić information content (AvgIpc) is 3.46. The molecular weight excluding hydrogens is 398 g/mol. The van der Waals surface area contributed by atoms with Crippen LogP contribution in [0.2, 0.25) is 0 Å². The second-order valence-electron chi connectivity index (χ2n) is 7.02. The fraction of sp³-hybridized carbons (Fsp3) is 0.273. The van der Waals surface area contributed by atoms with Gasteiger partial charge < -0.3 is 18.7 Å². The normalized spacial score (nSPS) is 15.5. The lowest BCUT2D eigenvalue weighted by molar-refractivity contribution is -0.00114. The number of aromatic nitrogens is 5. The molecule has 0 N–H and O–H groups in total. The summed E-state index contributed by atoms with van der Waals surface area (Å²) in [4.78, 5) is 4.50. The molecule has 0 spiro atoms. The number of benzene rings is 2. The number of fused-ring (bicyclic) bond motifs is 1. The van der Waals surface area contributed by atoms with E-state index in [1.165, 1.54) is 0 Å². The highest BCUT2D eigenvalue weighted by Crippen LogP contribution is 2.31. The number of ether oxygens (including phenoxy) is 3. The van der Waals surface area contributed by atoms with Crippen molar-refractivity contribution in [2.75, 3.05) is 13.7 Å². The van der Waals surface area contributed by atoms with Crippen molar-refractivity contribution in [2.45, 2.75) is 26.2 Å². The average molecular weight is 419 g/mol. The molecule has 2 aromatic carbocycles. The van der Waals surface area contributed by atoms with E-state index >= 15 is 0 Å². The third-order valence-electron chi connectivity index (χ3n) is 5.14. The fourth-order valence-electron chi connectivity index (χ4n) is 3.50. The molecule has 0 fully saturated rings. The predicted molar refractivity (Wildman–Crippen MR) is 110 cm³/mol. The molecule has 31 heavy (non-hydrogen) atoms. The smallest absolute Gasteiger partial charge is 0.258 e. The summed E-state index contributed by atoms with van der Waals surface area (Å²) in [7, 11) is 1.65. The topological polar surface area (TPSA) is 97.3 Å². The molecule has 0 amide bonds. The number of rotatable bonds is 6. The number of methoxy groups -OCH3 is 1. The van der Waals surface area contributed by atoms with Gasteiger partial charge in [-0.2, -0.15) is 4.98 Å². The Labute approximate surface area is 178 Å². The van der Waals surface area contributed by atoms with Crippen LogP contribution in [-0.2, 0) is 17.9 Å². The van der Waals surface area contributed by atoms with Crippen molar-refractivity contribution in [3.63, 3.8) is 0 Å². The lowest BCUT2D eigenvalue weighted by Crippen LogP contribution is -2.22. The van der Waals surface area contributed by atoms with Crippen molar-refractivity contribution < 1.29 is 18.7 Å². The van der Waals surface area contributed by atoms with Gasteiger partial charge in [0.15, 0.2) is 5.69 Å². The molecule has 1 atom stereocenters. The van der Waals surface area contributed by atoms with E-state index in [1.807, 2.05) is 60.1 Å². The van der Waals surface area contributed by atoms with Gasteiger partial charge in [0.25, 0.3) is 5.89 Å². The Morgan fingerprint density at radius 1 is 1.06 bits per heavy atom. The van der Waals surface area contributed by atoms with Crippen molar-refractivity contribution in [1.82, 2.24) is 25.1 Å². The molecule has 1 aliphatic rings. The standard InChI is InChI=1S/C22H21N5O4/c1-3-29-17-10-6-15(7-11-17)22-23-21(25-31-22)20-18-13-30-19(12-27(18)26-24-20)14-4-8-16(28-2)9-5-14/h4-11,19H,3,12-13H2,1-2H3. The Hall–Kier alpha value is -3.72. The van der Waals surface area contributed by atoms with Crippen LogP contribution in [-0.4, -0.2) is 38.9 Å². The molecule has 0 saturated carbocycles. The highest BCUT2D eigenvalue weighted by Gasteiger charge is 2.27. The van der Waals surface area contributed by atoms with E-state index in [1.54, 1.807) is 7.11 Å². The third-order valence-corrected chi connectivity index (χ3v) is 5.14. The van der Waals surface area contributed by atoms with Crippen LogP contribution in [0.15, 0.2) is 53.1 Å². The Morgan fingerprint density at radius 2 is 1.84 bits per heavy atom. The summed E-state index contributed by atoms with van der Waals surface area (Å²) in [6.45, 7) is 3.47. The van der Waals surface area contributed by atoms with Crippen LogP contribution >= 0.6 is 0 Å². The second kappa shape index (κ2) is 8.19. The van der Waals surface area contributed by atoms with Crippen LogP contribution in [0.4, 0.5) is 0 Å². The zero-order chi connectivity index (χ0) is 21.2. The molecular formula is C22H21N5O4. The first kappa shape index (κ1) is 19.3. The largest absolute Gasteiger partial charge is 0.497 e. The molecule has 1 aliphatic heterocycles. The molecule has 5 rings (SSSR count). The first-order chi connectivity index (χ1) is 15.2. The highest BCUT2D eigenvalue weighted by molar-refractivity contribution is 5.59. The summed E-state index contributed by atoms with van der Waals surface area (Å²) in [5.74, 6) is 2.40. The maximum absolute atomic E-state index is 6.07. The van der Waals surface area contributed by atoms with E-state index in [4.69, 9.17) is 18.7 Å². The molecule has 0 saturated heterocycles. The van der Waals surface area contributed by atoms with E-state index in [-0.39, 0.29) is 6.10 Å². The molecule has 2 aromatic heterocycles. The minimum absolute atomic E-state index is 0.113. The minimum atomic E-state index is -0.113. The van der Waals surface area contributed by atoms with Gasteiger partial charge in [-0.05, 0) is 48.9 Å². The molecule has 1 unspecified atom stereocenters. The Kier molecular flexibility index (Phi) is 5.09. The van der Waals surface area contributed by atoms with Gasteiger partial charge in [0.1, 0.15) is 17.6 Å². The van der Waals surface area contributed by atoms with E-state index in [9.17, 15) is 0 Å². The SMILES string of the molecule is CCOc1ccc(-c2nc(-c3nnn4c3COC(c3ccc(OC)cc3)C4)no2)cc1. The third kappa shape index (κ3) is 3.75. The summed E-state index contributed by atoms with van der Waals surface area (Å²) in [5, 5.41) is 12.7. The monoisotopic (exact) mass is 419 g/mol. The zero-order valence-electron chi connectivity index (χ0n) is 17.2. The van der Waals surface area contributed by atoms with Gasteiger partial charge >= 0.3 is 0 Å². The number of nitrogens with zero attached hydrogens (tertiary/aromatic N) is 5. The molecule has 0 bridgehead atoms. The van der Waals surface area contributed by atoms with Crippen LogP contribution in [0.25, 0.3) is 23.0 Å². The highest BCUT2D eigenvalue weighted by atomic mass is 16.5. The summed E-state index contributed by atoms with van der Waals surface area (Å²) in [5.41, 5.74) is 3.25. The lowest BCUT2D eigenvalue weighted by atomic mass is 10.1. The molecule has 9 nitrogen and oxygen atoms in total. The van der Waals surface area contributed by atoms with Gasteiger partial charge in [0, 0.05) is 5.56 Å². The van der Waals surface area contributed by atoms with Crippen LogP contribution in [0.5, 0.6) is 11.5 Å². The van der Waals surface area contributed by atoms with Crippen molar-refractivity contribution in [3.8, 4) is 34.5 Å². The molecule has 9 heteroatoms. The minimum Gasteiger partial charge on any atom is -0.497 e. The first-order valence-electron chi connectivity index (χ1n) is 10.0. The molecule has 3 heterocycles. The fourth-order valence-corrected chi connectivity index (χ4v) is 3.50. The first-order valence-corrected chi connectivity index (χ1v) is 10.0. The maximum atomic E-state index is 6.07. The molecule has 0 radical (unpaired) electrons. The van der Waals surface area contributed by atoms with Gasteiger partial charge in [-0.1, -0.05) is 22.5 Å². The molecule has 0 aliphatic carbocycles. The van der Waals surface area contributed by atoms with Crippen LogP contribution in [0, 0.1) is 0 Å². The Morgan fingerprint density at radius 3 is 2.58 bits per heavy atom. The Balaban J connectivity index is 1.35. The maximum Gasteiger partial charge on any atom is 0.258 e. The molecule has 158 valence electrons. The van der Waals surface area contributed by atoms with Gasteiger partial charge in [0.2, 0.25) is 5.82 Å². The van der Waals surface area contributed by atoms with Crippen molar-refractivity contribution >= 4 is 0 Å². The van der Waals surface area contributed by atoms with Crippen molar-refractivity contribution in [1.29, 1.82) is 0 Å². The Bertz CT molecular complexity index is 1170. The lowest BCUT2D eigenvalue weighted by Gasteiger charge is -2.24. The van der Waals surface area contributed by atoms with Gasteiger partial charge in [-0.15, -0.1) is 5.10 Å². The summed E-state index contributed by atoms with van der Waals surface area (Å²) >= 11 is 0. The summed E-state index contributed by atoms with van der Waals surface area (Å²) in [6.07, 6.45) is -0.113. The van der Waals surface area contributed by atoms with Gasteiger partial charge in [-0.3, -0.25) is 0 Å². The summed E-state index contributed by atoms with van der Waals surface area (Å²) < 4.78 is 24.0. The number of hydrogen-bond donors (Lipinski definition) is 0. The van der Waals surface area contributed by atoms with Crippen molar-refractivity contribution in [2.24, 2.45) is 0 Å². The van der Waals surface area contributed by atoms with E-state index in [0.29, 0.717) is 37.2 Å². The number of hydrogen-bond acceptors (Lipinski definition) is 8. The second-order valence-corrected chi connectivity index (χ2v) is 7.02. The zero-order valence-corrected chi connectivity index (χ0v) is 17.2. The van der Waals surface area contributed by atoms with Crippen LogP contribution in [0.1, 0.15) is 24.3 Å². The van der Waals surface area contributed by atoms with E-state index in [0.717, 1.165) is 28.3 Å². The molecule has 4 aromatic rings. The van der Waals surface area contributed by atoms with E-state index < -0.39 is 0 Å². The van der Waals surface area contributed by atoms with Crippen molar-refractivity contribution in [3.05, 3.63) is 59.8 Å².